The molecule has 1 atom stereocenters. The van der Waals surface area contributed by atoms with Crippen LogP contribution in [0.4, 0.5) is 0 Å². The van der Waals surface area contributed by atoms with Gasteiger partial charge in [0.15, 0.2) is 0 Å². The Kier molecular flexibility index (Phi) is 6.24. The standard InChI is InChI=1S/C26H37NO2/c1-8-18-24(2,3)28-19-23(20-14-10-9-11-15-20)29-27-25(4,5)21-16-12-13-17-22(21)26(27,6)7/h9-17,23H,8,18-19H2,1-7H3. The number of hydrogen-bond acceptors (Lipinski definition) is 3. The summed E-state index contributed by atoms with van der Waals surface area (Å²) in [7, 11) is 0. The highest BCUT2D eigenvalue weighted by atomic mass is 16.7. The van der Waals surface area contributed by atoms with E-state index in [1.54, 1.807) is 0 Å². The van der Waals surface area contributed by atoms with Crippen LogP contribution in [-0.2, 0) is 20.7 Å². The zero-order valence-corrected chi connectivity index (χ0v) is 19.2. The Balaban J connectivity index is 1.90. The molecule has 29 heavy (non-hydrogen) atoms. The van der Waals surface area contributed by atoms with E-state index in [-0.39, 0.29) is 22.8 Å². The zero-order chi connectivity index (χ0) is 21.3. The van der Waals surface area contributed by atoms with Gasteiger partial charge < -0.3 is 4.74 Å². The molecule has 3 heteroatoms. The predicted molar refractivity (Wildman–Crippen MR) is 120 cm³/mol. The van der Waals surface area contributed by atoms with Crippen LogP contribution in [-0.4, -0.2) is 17.3 Å². The van der Waals surface area contributed by atoms with Crippen molar-refractivity contribution >= 4 is 0 Å². The summed E-state index contributed by atoms with van der Waals surface area (Å²) in [5.74, 6) is 0. The first-order valence-electron chi connectivity index (χ1n) is 10.9. The minimum absolute atomic E-state index is 0.163. The molecule has 158 valence electrons. The summed E-state index contributed by atoms with van der Waals surface area (Å²) in [6.45, 7) is 16.0. The lowest BCUT2D eigenvalue weighted by Crippen LogP contribution is -2.46. The van der Waals surface area contributed by atoms with Crippen LogP contribution >= 0.6 is 0 Å². The molecule has 2 aromatic rings. The third kappa shape index (κ3) is 4.42. The lowest BCUT2D eigenvalue weighted by atomic mass is 9.91. The number of benzene rings is 2. The maximum atomic E-state index is 6.79. The van der Waals surface area contributed by atoms with E-state index in [2.05, 4.69) is 102 Å². The van der Waals surface area contributed by atoms with Gasteiger partial charge in [-0.15, -0.1) is 0 Å². The molecule has 0 fully saturated rings. The van der Waals surface area contributed by atoms with Gasteiger partial charge in [-0.3, -0.25) is 4.84 Å². The molecular weight excluding hydrogens is 358 g/mol. The highest BCUT2D eigenvalue weighted by molar-refractivity contribution is 5.42. The van der Waals surface area contributed by atoms with Gasteiger partial charge in [0.1, 0.15) is 6.10 Å². The minimum Gasteiger partial charge on any atom is -0.372 e. The molecule has 0 saturated heterocycles. The second-order valence-corrected chi connectivity index (χ2v) is 9.78. The van der Waals surface area contributed by atoms with Gasteiger partial charge in [-0.05, 0) is 64.7 Å². The van der Waals surface area contributed by atoms with E-state index in [4.69, 9.17) is 9.57 Å². The first-order chi connectivity index (χ1) is 13.6. The quantitative estimate of drug-likeness (QED) is 0.494. The van der Waals surface area contributed by atoms with Crippen molar-refractivity contribution in [3.63, 3.8) is 0 Å². The lowest BCUT2D eigenvalue weighted by molar-refractivity contribution is -0.300. The summed E-state index contributed by atoms with van der Waals surface area (Å²) in [5.41, 5.74) is 3.16. The zero-order valence-electron chi connectivity index (χ0n) is 19.2. The summed E-state index contributed by atoms with van der Waals surface area (Å²) in [6.07, 6.45) is 1.96. The van der Waals surface area contributed by atoms with Crippen LogP contribution < -0.4 is 0 Å². The molecule has 0 amide bonds. The average Bonchev–Trinajstić information content (AvgIpc) is 2.82. The molecule has 0 spiro atoms. The van der Waals surface area contributed by atoms with Gasteiger partial charge in [-0.2, -0.15) is 5.06 Å². The molecule has 3 rings (SSSR count). The molecule has 1 heterocycles. The first kappa shape index (κ1) is 22.0. The van der Waals surface area contributed by atoms with Crippen molar-refractivity contribution in [1.82, 2.24) is 5.06 Å². The molecule has 3 nitrogen and oxygen atoms in total. The molecule has 0 saturated carbocycles. The van der Waals surface area contributed by atoms with Crippen molar-refractivity contribution in [3.8, 4) is 0 Å². The Hall–Kier alpha value is -1.68. The van der Waals surface area contributed by atoms with Gasteiger partial charge in [-0.1, -0.05) is 67.9 Å². The maximum absolute atomic E-state index is 6.79. The number of nitrogens with zero attached hydrogens (tertiary/aromatic N) is 1. The van der Waals surface area contributed by atoms with Gasteiger partial charge in [0.25, 0.3) is 0 Å². The third-order valence-corrected chi connectivity index (χ3v) is 6.14. The second kappa shape index (κ2) is 8.22. The Morgan fingerprint density at radius 2 is 1.38 bits per heavy atom. The molecule has 1 unspecified atom stereocenters. The average molecular weight is 396 g/mol. The minimum atomic E-state index is -0.230. The van der Waals surface area contributed by atoms with Crippen molar-refractivity contribution in [2.45, 2.75) is 84.1 Å². The fourth-order valence-corrected chi connectivity index (χ4v) is 4.69. The van der Waals surface area contributed by atoms with E-state index >= 15 is 0 Å². The predicted octanol–water partition coefficient (Wildman–Crippen LogP) is 6.74. The monoisotopic (exact) mass is 395 g/mol. The summed E-state index contributed by atoms with van der Waals surface area (Å²) in [5, 5.41) is 2.18. The summed E-state index contributed by atoms with van der Waals surface area (Å²) >= 11 is 0. The van der Waals surface area contributed by atoms with Crippen LogP contribution in [0.2, 0.25) is 0 Å². The van der Waals surface area contributed by atoms with E-state index in [0.717, 1.165) is 18.4 Å². The van der Waals surface area contributed by atoms with Crippen LogP contribution in [0.3, 0.4) is 0 Å². The largest absolute Gasteiger partial charge is 0.372 e. The van der Waals surface area contributed by atoms with Gasteiger partial charge in [0.05, 0.1) is 23.3 Å². The van der Waals surface area contributed by atoms with E-state index in [1.807, 2.05) is 6.07 Å². The van der Waals surface area contributed by atoms with E-state index in [1.165, 1.54) is 11.1 Å². The molecule has 0 bridgehead atoms. The topological polar surface area (TPSA) is 21.7 Å². The SMILES string of the molecule is CCCC(C)(C)OCC(ON1C(C)(C)c2ccccc2C1(C)C)c1ccccc1. The normalized spacial score (nSPS) is 19.1. The number of rotatable bonds is 8. The molecule has 0 aromatic heterocycles. The van der Waals surface area contributed by atoms with Gasteiger partial charge in [0, 0.05) is 0 Å². The maximum Gasteiger partial charge on any atom is 0.128 e. The Bertz CT molecular complexity index is 775. The van der Waals surface area contributed by atoms with Crippen LogP contribution in [0.25, 0.3) is 0 Å². The van der Waals surface area contributed by atoms with E-state index in [9.17, 15) is 0 Å². The van der Waals surface area contributed by atoms with E-state index in [0.29, 0.717) is 6.61 Å². The third-order valence-electron chi connectivity index (χ3n) is 6.14. The number of ether oxygens (including phenoxy) is 1. The van der Waals surface area contributed by atoms with Crippen molar-refractivity contribution < 1.29 is 9.57 Å². The summed E-state index contributed by atoms with van der Waals surface area (Å²) < 4.78 is 6.36. The number of hydrogen-bond donors (Lipinski definition) is 0. The Morgan fingerprint density at radius 3 is 1.90 bits per heavy atom. The first-order valence-corrected chi connectivity index (χ1v) is 10.9. The van der Waals surface area contributed by atoms with Crippen molar-refractivity contribution in [1.29, 1.82) is 0 Å². The fraction of sp³-hybridized carbons (Fsp3) is 0.538. The van der Waals surface area contributed by atoms with Gasteiger partial charge >= 0.3 is 0 Å². The number of hydroxylamine groups is 2. The number of fused-ring (bicyclic) bond motifs is 1. The fourth-order valence-electron chi connectivity index (χ4n) is 4.69. The molecule has 2 aromatic carbocycles. The lowest BCUT2D eigenvalue weighted by Gasteiger charge is -2.42. The van der Waals surface area contributed by atoms with Crippen molar-refractivity contribution in [2.24, 2.45) is 0 Å². The van der Waals surface area contributed by atoms with Crippen LogP contribution in [0, 0.1) is 0 Å². The Morgan fingerprint density at radius 1 is 0.862 bits per heavy atom. The smallest absolute Gasteiger partial charge is 0.128 e. The molecule has 1 aliphatic rings. The van der Waals surface area contributed by atoms with Crippen LogP contribution in [0.5, 0.6) is 0 Å². The molecule has 0 N–H and O–H groups in total. The second-order valence-electron chi connectivity index (χ2n) is 9.78. The molecule has 0 radical (unpaired) electrons. The summed E-state index contributed by atoms with van der Waals surface area (Å²) in [6, 6.07) is 19.1. The van der Waals surface area contributed by atoms with Gasteiger partial charge in [-0.25, -0.2) is 0 Å². The highest BCUT2D eigenvalue weighted by Gasteiger charge is 2.51. The van der Waals surface area contributed by atoms with Crippen molar-refractivity contribution in [3.05, 3.63) is 71.3 Å². The van der Waals surface area contributed by atoms with Gasteiger partial charge in [0.2, 0.25) is 0 Å². The molecular formula is C26H37NO2. The summed E-state index contributed by atoms with van der Waals surface area (Å²) in [4.78, 5) is 6.79. The molecule has 1 aliphatic heterocycles. The Labute approximate surface area is 177 Å². The van der Waals surface area contributed by atoms with Crippen LogP contribution in [0.1, 0.15) is 84.1 Å². The van der Waals surface area contributed by atoms with Crippen LogP contribution in [0.15, 0.2) is 54.6 Å². The van der Waals surface area contributed by atoms with E-state index < -0.39 is 0 Å². The van der Waals surface area contributed by atoms with Crippen molar-refractivity contribution in [2.75, 3.05) is 6.61 Å². The highest BCUT2D eigenvalue weighted by Crippen LogP contribution is 2.50. The molecule has 0 aliphatic carbocycles.